The van der Waals surface area contributed by atoms with Crippen LogP contribution in [-0.4, -0.2) is 26.5 Å². The highest BCUT2D eigenvalue weighted by Crippen LogP contribution is 2.19. The van der Waals surface area contributed by atoms with Crippen LogP contribution in [0.3, 0.4) is 0 Å². The van der Waals surface area contributed by atoms with Crippen molar-refractivity contribution in [1.82, 2.24) is 5.32 Å². The van der Waals surface area contributed by atoms with Gasteiger partial charge in [-0.05, 0) is 25.2 Å². The Morgan fingerprint density at radius 3 is 2.86 bits per heavy atom. The van der Waals surface area contributed by atoms with Crippen LogP contribution in [0.2, 0.25) is 0 Å². The lowest BCUT2D eigenvalue weighted by atomic mass is 10.1. The Labute approximate surface area is 81.9 Å². The maximum absolute atomic E-state index is 12.9. The molecule has 0 aliphatic heterocycles. The number of ether oxygens (including phenoxy) is 1. The zero-order valence-electron chi connectivity index (χ0n) is 8.13. The van der Waals surface area contributed by atoms with Gasteiger partial charge >= 0.3 is 0 Å². The van der Waals surface area contributed by atoms with E-state index in [1.807, 2.05) is 0 Å². The second-order valence-corrected chi connectivity index (χ2v) is 2.80. The number of halogens is 1. The van der Waals surface area contributed by atoms with E-state index in [0.29, 0.717) is 5.75 Å². The number of carbonyl (C=O) groups is 1. The molecule has 76 valence electrons. The van der Waals surface area contributed by atoms with Crippen molar-refractivity contribution in [3.63, 3.8) is 0 Å². The van der Waals surface area contributed by atoms with Crippen LogP contribution in [0.15, 0.2) is 18.2 Å². The van der Waals surface area contributed by atoms with Crippen molar-refractivity contribution in [2.24, 2.45) is 0 Å². The minimum absolute atomic E-state index is 0.166. The average molecular weight is 197 g/mol. The van der Waals surface area contributed by atoms with Crippen LogP contribution in [0.1, 0.15) is 10.4 Å². The van der Waals surface area contributed by atoms with Crippen LogP contribution in [0.25, 0.3) is 0 Å². The number of methoxy groups -OCH3 is 1. The summed E-state index contributed by atoms with van der Waals surface area (Å²) in [5.41, 5.74) is 0.266. The maximum atomic E-state index is 12.9. The molecule has 14 heavy (non-hydrogen) atoms. The Hall–Kier alpha value is -1.42. The van der Waals surface area contributed by atoms with Gasteiger partial charge in [-0.3, -0.25) is 4.79 Å². The molecular formula is C10H12FNO2. The number of carbonyl (C=O) groups excluding carboxylic acids is 1. The van der Waals surface area contributed by atoms with Crippen LogP contribution < -0.4 is 10.1 Å². The highest BCUT2D eigenvalue weighted by atomic mass is 19.1. The third kappa shape index (κ3) is 2.29. The zero-order chi connectivity index (χ0) is 10.6. The molecule has 1 rings (SSSR count). The minimum atomic E-state index is -0.440. The van der Waals surface area contributed by atoms with Gasteiger partial charge < -0.3 is 10.1 Å². The number of hydrogen-bond donors (Lipinski definition) is 1. The van der Waals surface area contributed by atoms with E-state index in [1.165, 1.54) is 25.3 Å². The van der Waals surface area contributed by atoms with Gasteiger partial charge in [0.25, 0.3) is 0 Å². The number of benzene rings is 1. The fourth-order valence-corrected chi connectivity index (χ4v) is 1.15. The number of hydrogen-bond acceptors (Lipinski definition) is 3. The minimum Gasteiger partial charge on any atom is -0.496 e. The number of rotatable bonds is 4. The van der Waals surface area contributed by atoms with Crippen molar-refractivity contribution in [1.29, 1.82) is 0 Å². The molecule has 0 saturated carbocycles. The van der Waals surface area contributed by atoms with Crippen molar-refractivity contribution >= 4 is 5.78 Å². The van der Waals surface area contributed by atoms with Gasteiger partial charge in [-0.1, -0.05) is 0 Å². The van der Waals surface area contributed by atoms with Gasteiger partial charge in [0, 0.05) is 0 Å². The third-order valence-electron chi connectivity index (χ3n) is 1.80. The van der Waals surface area contributed by atoms with E-state index >= 15 is 0 Å². The fourth-order valence-electron chi connectivity index (χ4n) is 1.15. The predicted octanol–water partition coefficient (Wildman–Crippen LogP) is 1.24. The molecule has 0 saturated heterocycles. The molecule has 0 amide bonds. The second-order valence-electron chi connectivity index (χ2n) is 2.80. The molecule has 0 aliphatic carbocycles. The van der Waals surface area contributed by atoms with Crippen LogP contribution in [-0.2, 0) is 0 Å². The van der Waals surface area contributed by atoms with Gasteiger partial charge in [-0.2, -0.15) is 0 Å². The summed E-state index contributed by atoms with van der Waals surface area (Å²) < 4.78 is 17.8. The van der Waals surface area contributed by atoms with Gasteiger partial charge in [-0.25, -0.2) is 4.39 Å². The van der Waals surface area contributed by atoms with E-state index < -0.39 is 5.82 Å². The monoisotopic (exact) mass is 197 g/mol. The second kappa shape index (κ2) is 4.72. The fraction of sp³-hybridized carbons (Fsp3) is 0.300. The first-order valence-electron chi connectivity index (χ1n) is 4.20. The normalized spacial score (nSPS) is 9.93. The molecule has 0 heterocycles. The summed E-state index contributed by atoms with van der Waals surface area (Å²) >= 11 is 0. The molecule has 4 heteroatoms. The van der Waals surface area contributed by atoms with E-state index in [0.717, 1.165) is 0 Å². The highest BCUT2D eigenvalue weighted by molar-refractivity contribution is 6.00. The molecule has 1 N–H and O–H groups in total. The van der Waals surface area contributed by atoms with E-state index in [1.54, 1.807) is 7.05 Å². The van der Waals surface area contributed by atoms with Gasteiger partial charge in [0.1, 0.15) is 11.6 Å². The average Bonchev–Trinajstić information content (AvgIpc) is 2.18. The number of Topliss-reactive ketones (excluding diaryl/α,β-unsaturated/α-hetero) is 1. The number of likely N-dealkylation sites (N-methyl/N-ethyl adjacent to an activating group) is 1. The lowest BCUT2D eigenvalue weighted by molar-refractivity contribution is 0.0990. The van der Waals surface area contributed by atoms with Crippen molar-refractivity contribution in [2.75, 3.05) is 20.7 Å². The quantitative estimate of drug-likeness (QED) is 0.738. The van der Waals surface area contributed by atoms with Crippen molar-refractivity contribution < 1.29 is 13.9 Å². The molecule has 0 bridgehead atoms. The van der Waals surface area contributed by atoms with Gasteiger partial charge in [0.2, 0.25) is 0 Å². The summed E-state index contributed by atoms with van der Waals surface area (Å²) in [6.45, 7) is 0.166. The Balaban J connectivity index is 3.03. The molecule has 0 atom stereocenters. The molecule has 0 aromatic heterocycles. The molecule has 1 aromatic rings. The lowest BCUT2D eigenvalue weighted by Gasteiger charge is -2.06. The SMILES string of the molecule is CNCC(=O)c1cc(F)ccc1OC. The van der Waals surface area contributed by atoms with Crippen LogP contribution in [0, 0.1) is 5.82 Å². The largest absolute Gasteiger partial charge is 0.496 e. The topological polar surface area (TPSA) is 38.3 Å². The molecule has 0 unspecified atom stereocenters. The van der Waals surface area contributed by atoms with Crippen molar-refractivity contribution in [2.45, 2.75) is 0 Å². The number of ketones is 1. The zero-order valence-corrected chi connectivity index (χ0v) is 8.13. The lowest BCUT2D eigenvalue weighted by Crippen LogP contribution is -2.19. The summed E-state index contributed by atoms with van der Waals surface area (Å²) in [5, 5.41) is 2.71. The van der Waals surface area contributed by atoms with Crippen molar-refractivity contribution in [3.8, 4) is 5.75 Å². The molecule has 0 fully saturated rings. The smallest absolute Gasteiger partial charge is 0.180 e. The third-order valence-corrected chi connectivity index (χ3v) is 1.80. The Morgan fingerprint density at radius 1 is 1.57 bits per heavy atom. The van der Waals surface area contributed by atoms with Crippen LogP contribution >= 0.6 is 0 Å². The predicted molar refractivity (Wildman–Crippen MR) is 51.2 cm³/mol. The molecule has 0 radical (unpaired) electrons. The van der Waals surface area contributed by atoms with Crippen molar-refractivity contribution in [3.05, 3.63) is 29.6 Å². The maximum Gasteiger partial charge on any atom is 0.180 e. The van der Waals surface area contributed by atoms with Crippen LogP contribution in [0.5, 0.6) is 5.75 Å². The Kier molecular flexibility index (Phi) is 3.59. The highest BCUT2D eigenvalue weighted by Gasteiger charge is 2.11. The first-order valence-corrected chi connectivity index (χ1v) is 4.20. The molecule has 0 spiro atoms. The van der Waals surface area contributed by atoms with E-state index in [4.69, 9.17) is 4.74 Å². The van der Waals surface area contributed by atoms with Gasteiger partial charge in [-0.15, -0.1) is 0 Å². The van der Waals surface area contributed by atoms with Gasteiger partial charge in [0.15, 0.2) is 5.78 Å². The Morgan fingerprint density at radius 2 is 2.29 bits per heavy atom. The summed E-state index contributed by atoms with van der Waals surface area (Å²) in [6.07, 6.45) is 0. The molecule has 1 aromatic carbocycles. The summed E-state index contributed by atoms with van der Waals surface area (Å²) in [4.78, 5) is 11.5. The van der Waals surface area contributed by atoms with E-state index in [9.17, 15) is 9.18 Å². The summed E-state index contributed by atoms with van der Waals surface area (Å²) in [6, 6.07) is 3.88. The van der Waals surface area contributed by atoms with E-state index in [2.05, 4.69) is 5.32 Å². The first-order chi connectivity index (χ1) is 6.69. The summed E-state index contributed by atoms with van der Waals surface area (Å²) in [7, 11) is 3.10. The number of nitrogens with one attached hydrogen (secondary N) is 1. The van der Waals surface area contributed by atoms with Crippen LogP contribution in [0.4, 0.5) is 4.39 Å². The molecule has 3 nitrogen and oxygen atoms in total. The molecular weight excluding hydrogens is 185 g/mol. The summed E-state index contributed by atoms with van der Waals surface area (Å²) in [5.74, 6) is -0.235. The standard InChI is InChI=1S/C10H12FNO2/c1-12-6-9(13)8-5-7(11)3-4-10(8)14-2/h3-5,12H,6H2,1-2H3. The molecule has 0 aliphatic rings. The van der Waals surface area contributed by atoms with E-state index in [-0.39, 0.29) is 17.9 Å². The van der Waals surface area contributed by atoms with Gasteiger partial charge in [0.05, 0.1) is 19.2 Å². The Bertz CT molecular complexity index is 339. The first kappa shape index (κ1) is 10.7.